The molecule has 0 radical (unpaired) electrons. The topological polar surface area (TPSA) is 52.2 Å². The van der Waals surface area contributed by atoms with Gasteiger partial charge in [-0.3, -0.25) is 0 Å². The molecule has 0 spiro atoms. The predicted octanol–water partition coefficient (Wildman–Crippen LogP) is -0.339. The summed E-state index contributed by atoms with van der Waals surface area (Å²) in [6.45, 7) is 8.28. The molecule has 0 bridgehead atoms. The van der Waals surface area contributed by atoms with Gasteiger partial charge in [-0.05, 0) is 31.7 Å². The maximum Gasteiger partial charge on any atom is 1.00 e. The van der Waals surface area contributed by atoms with Gasteiger partial charge in [0.05, 0.1) is 5.97 Å². The summed E-state index contributed by atoms with van der Waals surface area (Å²) in [5.41, 5.74) is 0. The summed E-state index contributed by atoms with van der Waals surface area (Å²) in [7, 11) is 0. The number of aliphatic carboxylic acids is 1. The van der Waals surface area contributed by atoms with E-state index in [0.29, 0.717) is 0 Å². The van der Waals surface area contributed by atoms with E-state index in [9.17, 15) is 9.90 Å². The normalized spacial score (nSPS) is 11.9. The molecule has 0 amide bonds. The molecule has 0 aromatic rings. The Morgan fingerprint density at radius 2 is 1.60 bits per heavy atom. The van der Waals surface area contributed by atoms with Crippen LogP contribution in [0.2, 0.25) is 0 Å². The van der Waals surface area contributed by atoms with Gasteiger partial charge in [0, 0.05) is 6.04 Å². The first-order valence-electron chi connectivity index (χ1n) is 7.64. The van der Waals surface area contributed by atoms with Crippen LogP contribution in [-0.2, 0) is 4.79 Å². The van der Waals surface area contributed by atoms with E-state index < -0.39 is 12.0 Å². The second kappa shape index (κ2) is 15.6. The van der Waals surface area contributed by atoms with Crippen molar-refractivity contribution in [3.8, 4) is 0 Å². The summed E-state index contributed by atoms with van der Waals surface area (Å²) in [4.78, 5) is 10.9. The maximum absolute atomic E-state index is 10.9. The number of carboxylic acids is 1. The molecule has 0 saturated carbocycles. The van der Waals surface area contributed by atoms with E-state index in [4.69, 9.17) is 0 Å². The van der Waals surface area contributed by atoms with Crippen LogP contribution in [0.4, 0.5) is 0 Å². The van der Waals surface area contributed by atoms with Gasteiger partial charge in [-0.15, -0.1) is 6.58 Å². The van der Waals surface area contributed by atoms with Gasteiger partial charge in [-0.25, -0.2) is 0 Å². The fourth-order valence-electron chi connectivity index (χ4n) is 2.15. The van der Waals surface area contributed by atoms with Crippen molar-refractivity contribution >= 4 is 5.97 Å². The van der Waals surface area contributed by atoms with Gasteiger partial charge < -0.3 is 15.2 Å². The van der Waals surface area contributed by atoms with Crippen LogP contribution in [0.15, 0.2) is 12.7 Å². The average Bonchev–Trinajstić information content (AvgIpc) is 2.35. The number of carboxylic acid groups (broad SMARTS) is 1. The van der Waals surface area contributed by atoms with E-state index in [1.807, 2.05) is 19.9 Å². The van der Waals surface area contributed by atoms with Crippen LogP contribution in [0.1, 0.15) is 65.2 Å². The van der Waals surface area contributed by atoms with E-state index in [1.165, 1.54) is 38.5 Å². The molecule has 0 fully saturated rings. The van der Waals surface area contributed by atoms with Crippen LogP contribution < -0.4 is 40.0 Å². The smallest absolute Gasteiger partial charge is 0.548 e. The first-order valence-corrected chi connectivity index (χ1v) is 7.64. The van der Waals surface area contributed by atoms with Crippen molar-refractivity contribution in [3.63, 3.8) is 0 Å². The molecule has 20 heavy (non-hydrogen) atoms. The number of carbonyl (C=O) groups excluding carboxylic acids is 1. The van der Waals surface area contributed by atoms with Crippen molar-refractivity contribution in [2.45, 2.75) is 71.3 Å². The van der Waals surface area contributed by atoms with Crippen LogP contribution in [-0.4, -0.2) is 18.6 Å². The monoisotopic (exact) mass is 291 g/mol. The molecule has 1 atom stereocenters. The number of carbonyl (C=O) groups is 1. The molecular formula is C16H30NNaO2. The summed E-state index contributed by atoms with van der Waals surface area (Å²) in [5.74, 6) is -0.910. The third-order valence-corrected chi connectivity index (χ3v) is 3.37. The van der Waals surface area contributed by atoms with Gasteiger partial charge in [0.25, 0.3) is 0 Å². The van der Waals surface area contributed by atoms with Crippen molar-refractivity contribution in [1.29, 1.82) is 0 Å². The van der Waals surface area contributed by atoms with Gasteiger partial charge in [0.15, 0.2) is 0 Å². The molecule has 0 rings (SSSR count). The van der Waals surface area contributed by atoms with Crippen LogP contribution >= 0.6 is 0 Å². The summed E-state index contributed by atoms with van der Waals surface area (Å²) < 4.78 is 0. The Balaban J connectivity index is 0. The number of allylic oxidation sites excluding steroid dienone is 1. The molecule has 0 aromatic heterocycles. The Morgan fingerprint density at radius 1 is 1.10 bits per heavy atom. The molecule has 0 heterocycles. The first kappa shape index (κ1) is 22.5. The van der Waals surface area contributed by atoms with Crippen LogP contribution in [0.25, 0.3) is 0 Å². The molecule has 0 aliphatic carbocycles. The molecule has 3 nitrogen and oxygen atoms in total. The van der Waals surface area contributed by atoms with Crippen molar-refractivity contribution in [3.05, 3.63) is 12.7 Å². The Kier molecular flexibility index (Phi) is 17.5. The zero-order chi connectivity index (χ0) is 14.5. The van der Waals surface area contributed by atoms with E-state index in [2.05, 4.69) is 11.9 Å². The maximum atomic E-state index is 10.9. The molecule has 0 aromatic carbocycles. The quantitative estimate of drug-likeness (QED) is 0.287. The van der Waals surface area contributed by atoms with Crippen molar-refractivity contribution in [2.75, 3.05) is 6.54 Å². The standard InChI is InChI=1S/C16H31NO2.Na/c1-4-5-6-7-8-9-10-11-12-13-17-15(14(2)3)16(18)19;/h4,14-15,17H,1,5-13H2,2-3H3,(H,18,19);/q;+1/p-1/t15-;/m0./s1. The van der Waals surface area contributed by atoms with E-state index in [0.717, 1.165) is 19.4 Å². The second-order valence-corrected chi connectivity index (χ2v) is 5.55. The molecule has 0 aliphatic rings. The van der Waals surface area contributed by atoms with Crippen LogP contribution in [0, 0.1) is 5.92 Å². The Labute approximate surface area is 146 Å². The fourth-order valence-corrected chi connectivity index (χ4v) is 2.15. The molecule has 0 unspecified atom stereocenters. The summed E-state index contributed by atoms with van der Waals surface area (Å²) in [5, 5.41) is 13.9. The summed E-state index contributed by atoms with van der Waals surface area (Å²) in [6.07, 6.45) is 11.7. The molecule has 112 valence electrons. The second-order valence-electron chi connectivity index (χ2n) is 5.55. The number of unbranched alkanes of at least 4 members (excludes halogenated alkanes) is 7. The SMILES string of the molecule is C=CCCCCCCCCCN[C@H](C(=O)[O-])C(C)C.[Na+]. The minimum Gasteiger partial charge on any atom is -0.548 e. The molecule has 1 N–H and O–H groups in total. The summed E-state index contributed by atoms with van der Waals surface area (Å²) in [6, 6.07) is -0.515. The number of rotatable bonds is 13. The van der Waals surface area contributed by atoms with Gasteiger partial charge >= 0.3 is 29.6 Å². The first-order chi connectivity index (χ1) is 9.09. The number of hydrogen-bond donors (Lipinski definition) is 1. The van der Waals surface area contributed by atoms with E-state index in [-0.39, 0.29) is 35.5 Å². The van der Waals surface area contributed by atoms with Crippen molar-refractivity contribution in [2.24, 2.45) is 5.92 Å². The molecule has 0 saturated heterocycles. The minimum absolute atomic E-state index is 0. The fraction of sp³-hybridized carbons (Fsp3) is 0.812. The van der Waals surface area contributed by atoms with Crippen LogP contribution in [0.5, 0.6) is 0 Å². The Hall–Kier alpha value is 0.170. The Bertz CT molecular complexity index is 245. The van der Waals surface area contributed by atoms with Crippen LogP contribution in [0.3, 0.4) is 0 Å². The largest absolute Gasteiger partial charge is 1.00 e. The molecular weight excluding hydrogens is 261 g/mol. The predicted molar refractivity (Wildman–Crippen MR) is 78.8 cm³/mol. The number of nitrogens with one attached hydrogen (secondary N) is 1. The average molecular weight is 291 g/mol. The summed E-state index contributed by atoms with van der Waals surface area (Å²) >= 11 is 0. The number of hydrogen-bond acceptors (Lipinski definition) is 3. The van der Waals surface area contributed by atoms with Gasteiger partial charge in [-0.2, -0.15) is 0 Å². The van der Waals surface area contributed by atoms with Gasteiger partial charge in [0.2, 0.25) is 0 Å². The third kappa shape index (κ3) is 13.2. The van der Waals surface area contributed by atoms with Gasteiger partial charge in [-0.1, -0.05) is 52.0 Å². The molecule has 4 heteroatoms. The van der Waals surface area contributed by atoms with E-state index >= 15 is 0 Å². The zero-order valence-corrected chi connectivity index (χ0v) is 15.6. The van der Waals surface area contributed by atoms with Crippen molar-refractivity contribution < 1.29 is 39.5 Å². The third-order valence-electron chi connectivity index (χ3n) is 3.37. The van der Waals surface area contributed by atoms with Crippen molar-refractivity contribution in [1.82, 2.24) is 5.32 Å². The van der Waals surface area contributed by atoms with Gasteiger partial charge in [0.1, 0.15) is 0 Å². The molecule has 0 aliphatic heterocycles. The Morgan fingerprint density at radius 3 is 2.05 bits per heavy atom. The van der Waals surface area contributed by atoms with E-state index in [1.54, 1.807) is 0 Å². The zero-order valence-electron chi connectivity index (χ0n) is 13.6. The minimum atomic E-state index is -0.989.